The molecule has 14 heavy (non-hydrogen) atoms. The maximum Gasteiger partial charge on any atom is 0.279 e. The van der Waals surface area contributed by atoms with E-state index >= 15 is 0 Å². The van der Waals surface area contributed by atoms with Crippen LogP contribution in [0.1, 0.15) is 18.5 Å². The normalized spacial score (nSPS) is 12.2. The first-order valence-electron chi connectivity index (χ1n) is 4.24. The molecule has 1 unspecified atom stereocenters. The summed E-state index contributed by atoms with van der Waals surface area (Å²) < 4.78 is 0. The van der Waals surface area contributed by atoms with Crippen LogP contribution in [-0.2, 0) is 0 Å². The van der Waals surface area contributed by atoms with E-state index in [0.29, 0.717) is 5.02 Å². The Kier molecular flexibility index (Phi) is 4.29. The van der Waals surface area contributed by atoms with E-state index in [9.17, 15) is 4.79 Å². The van der Waals surface area contributed by atoms with Crippen molar-refractivity contribution in [2.24, 2.45) is 0 Å². The standard InChI is InChI=1S/C10H12ClNOS/c1-7(12-10(13)14-2)8-5-3-4-6-9(8)11/h3-7H,1-2H3,(H,12,13). The van der Waals surface area contributed by atoms with Gasteiger partial charge in [0.05, 0.1) is 6.04 Å². The van der Waals surface area contributed by atoms with Gasteiger partial charge in [-0.25, -0.2) is 0 Å². The van der Waals surface area contributed by atoms with Crippen LogP contribution in [0, 0.1) is 0 Å². The highest BCUT2D eigenvalue weighted by Crippen LogP contribution is 2.22. The first kappa shape index (κ1) is 11.4. The number of carbonyl (C=O) groups is 1. The maximum absolute atomic E-state index is 11.1. The van der Waals surface area contributed by atoms with Gasteiger partial charge in [0.1, 0.15) is 0 Å². The van der Waals surface area contributed by atoms with E-state index in [0.717, 1.165) is 17.3 Å². The van der Waals surface area contributed by atoms with Crippen LogP contribution in [0.3, 0.4) is 0 Å². The molecule has 4 heteroatoms. The summed E-state index contributed by atoms with van der Waals surface area (Å²) >= 11 is 7.15. The lowest BCUT2D eigenvalue weighted by atomic mass is 10.1. The molecular weight excluding hydrogens is 218 g/mol. The summed E-state index contributed by atoms with van der Waals surface area (Å²) in [6, 6.07) is 7.45. The predicted molar refractivity (Wildman–Crippen MR) is 61.9 cm³/mol. The molecule has 0 aliphatic rings. The average Bonchev–Trinajstić information content (AvgIpc) is 2.18. The van der Waals surface area contributed by atoms with Crippen molar-refractivity contribution in [2.45, 2.75) is 13.0 Å². The minimum atomic E-state index is -0.0522. The molecule has 0 spiro atoms. The van der Waals surface area contributed by atoms with Crippen molar-refractivity contribution in [3.8, 4) is 0 Å². The van der Waals surface area contributed by atoms with Gasteiger partial charge in [-0.2, -0.15) is 0 Å². The zero-order valence-electron chi connectivity index (χ0n) is 8.08. The molecule has 1 amide bonds. The Balaban J connectivity index is 2.74. The Labute approximate surface area is 93.0 Å². The van der Waals surface area contributed by atoms with Gasteiger partial charge in [-0.3, -0.25) is 4.79 Å². The molecular formula is C10H12ClNOS. The first-order valence-corrected chi connectivity index (χ1v) is 5.84. The summed E-state index contributed by atoms with van der Waals surface area (Å²) in [6.45, 7) is 1.91. The highest BCUT2D eigenvalue weighted by molar-refractivity contribution is 8.12. The fourth-order valence-corrected chi connectivity index (χ4v) is 1.73. The number of halogens is 1. The molecule has 0 saturated carbocycles. The maximum atomic E-state index is 11.1. The Morgan fingerprint density at radius 1 is 1.50 bits per heavy atom. The number of amides is 1. The fraction of sp³-hybridized carbons (Fsp3) is 0.300. The van der Waals surface area contributed by atoms with Crippen molar-refractivity contribution in [3.05, 3.63) is 34.9 Å². The molecule has 2 nitrogen and oxygen atoms in total. The lowest BCUT2D eigenvalue weighted by molar-refractivity contribution is 0.258. The van der Waals surface area contributed by atoms with Gasteiger partial charge in [-0.05, 0) is 24.8 Å². The van der Waals surface area contributed by atoms with E-state index in [1.165, 1.54) is 0 Å². The second-order valence-electron chi connectivity index (χ2n) is 2.88. The summed E-state index contributed by atoms with van der Waals surface area (Å²) in [5.74, 6) is 0. The summed E-state index contributed by atoms with van der Waals surface area (Å²) in [7, 11) is 0. The Morgan fingerprint density at radius 2 is 2.14 bits per heavy atom. The van der Waals surface area contributed by atoms with Gasteiger partial charge in [-0.1, -0.05) is 41.6 Å². The third-order valence-electron chi connectivity index (χ3n) is 1.89. The zero-order chi connectivity index (χ0) is 10.6. The van der Waals surface area contributed by atoms with Gasteiger partial charge >= 0.3 is 0 Å². The van der Waals surface area contributed by atoms with Crippen LogP contribution in [0.2, 0.25) is 5.02 Å². The lowest BCUT2D eigenvalue weighted by Crippen LogP contribution is -2.22. The molecule has 1 rings (SSSR count). The van der Waals surface area contributed by atoms with Gasteiger partial charge in [-0.15, -0.1) is 0 Å². The van der Waals surface area contributed by atoms with E-state index in [-0.39, 0.29) is 11.3 Å². The second kappa shape index (κ2) is 5.27. The largest absolute Gasteiger partial charge is 0.340 e. The molecule has 0 bridgehead atoms. The molecule has 1 N–H and O–H groups in total. The second-order valence-corrected chi connectivity index (χ2v) is 4.07. The average molecular weight is 230 g/mol. The van der Waals surface area contributed by atoms with Crippen LogP contribution in [-0.4, -0.2) is 11.5 Å². The number of rotatable bonds is 2. The molecule has 0 saturated heterocycles. The molecule has 1 atom stereocenters. The highest BCUT2D eigenvalue weighted by Gasteiger charge is 2.10. The van der Waals surface area contributed by atoms with Crippen molar-refractivity contribution in [1.29, 1.82) is 0 Å². The van der Waals surface area contributed by atoms with E-state index in [2.05, 4.69) is 5.32 Å². The fourth-order valence-electron chi connectivity index (χ4n) is 1.14. The third kappa shape index (κ3) is 2.93. The van der Waals surface area contributed by atoms with E-state index < -0.39 is 0 Å². The van der Waals surface area contributed by atoms with Crippen LogP contribution in [0.15, 0.2) is 24.3 Å². The molecule has 0 heterocycles. The predicted octanol–water partition coefficient (Wildman–Crippen LogP) is 3.47. The molecule has 1 aromatic rings. The molecule has 0 radical (unpaired) electrons. The minimum absolute atomic E-state index is 0.0441. The smallest absolute Gasteiger partial charge is 0.279 e. The van der Waals surface area contributed by atoms with Crippen molar-refractivity contribution in [1.82, 2.24) is 5.32 Å². The Morgan fingerprint density at radius 3 is 2.71 bits per heavy atom. The Bertz CT molecular complexity index is 330. The number of thioether (sulfide) groups is 1. The van der Waals surface area contributed by atoms with E-state index in [1.807, 2.05) is 31.2 Å². The Hall–Kier alpha value is -0.670. The molecule has 0 aliphatic carbocycles. The van der Waals surface area contributed by atoms with Crippen LogP contribution in [0.5, 0.6) is 0 Å². The number of hydrogen-bond acceptors (Lipinski definition) is 2. The molecule has 0 aromatic heterocycles. The topological polar surface area (TPSA) is 29.1 Å². The van der Waals surface area contributed by atoms with Crippen LogP contribution < -0.4 is 5.32 Å². The quantitative estimate of drug-likeness (QED) is 0.842. The van der Waals surface area contributed by atoms with Crippen molar-refractivity contribution >= 4 is 28.6 Å². The molecule has 0 fully saturated rings. The van der Waals surface area contributed by atoms with Crippen LogP contribution in [0.4, 0.5) is 4.79 Å². The van der Waals surface area contributed by atoms with Crippen LogP contribution >= 0.6 is 23.4 Å². The lowest BCUT2D eigenvalue weighted by Gasteiger charge is -2.14. The van der Waals surface area contributed by atoms with Gasteiger partial charge in [0.2, 0.25) is 0 Å². The van der Waals surface area contributed by atoms with E-state index in [1.54, 1.807) is 6.26 Å². The SMILES string of the molecule is CSC(=O)NC(C)c1ccccc1Cl. The van der Waals surface area contributed by atoms with Crippen molar-refractivity contribution in [2.75, 3.05) is 6.26 Å². The number of benzene rings is 1. The van der Waals surface area contributed by atoms with Gasteiger partial charge in [0, 0.05) is 5.02 Å². The number of carbonyl (C=O) groups excluding carboxylic acids is 1. The number of nitrogens with one attached hydrogen (secondary N) is 1. The number of hydrogen-bond donors (Lipinski definition) is 1. The van der Waals surface area contributed by atoms with E-state index in [4.69, 9.17) is 11.6 Å². The third-order valence-corrected chi connectivity index (χ3v) is 2.72. The van der Waals surface area contributed by atoms with Crippen molar-refractivity contribution in [3.63, 3.8) is 0 Å². The first-order chi connectivity index (χ1) is 6.65. The van der Waals surface area contributed by atoms with Crippen molar-refractivity contribution < 1.29 is 4.79 Å². The summed E-state index contributed by atoms with van der Waals surface area (Å²) in [5, 5.41) is 3.46. The zero-order valence-corrected chi connectivity index (χ0v) is 9.65. The van der Waals surface area contributed by atoms with Gasteiger partial charge in [0.15, 0.2) is 0 Å². The molecule has 0 aliphatic heterocycles. The monoisotopic (exact) mass is 229 g/mol. The summed E-state index contributed by atoms with van der Waals surface area (Å²) in [4.78, 5) is 11.1. The van der Waals surface area contributed by atoms with Crippen LogP contribution in [0.25, 0.3) is 0 Å². The minimum Gasteiger partial charge on any atom is -0.340 e. The van der Waals surface area contributed by atoms with Gasteiger partial charge in [0.25, 0.3) is 5.24 Å². The molecule has 1 aromatic carbocycles. The summed E-state index contributed by atoms with van der Waals surface area (Å²) in [5.41, 5.74) is 0.941. The summed E-state index contributed by atoms with van der Waals surface area (Å²) in [6.07, 6.45) is 1.74. The molecule has 76 valence electrons. The highest BCUT2D eigenvalue weighted by atomic mass is 35.5. The van der Waals surface area contributed by atoms with Gasteiger partial charge < -0.3 is 5.32 Å².